The Morgan fingerprint density at radius 2 is 1.81 bits per heavy atom. The van der Waals surface area contributed by atoms with E-state index in [4.69, 9.17) is 14.7 Å². The largest absolute Gasteiger partial charge is 0.458 e. The molecule has 1 aromatic carbocycles. The van der Waals surface area contributed by atoms with Gasteiger partial charge in [0.15, 0.2) is 11.5 Å². The van der Waals surface area contributed by atoms with Gasteiger partial charge in [-0.25, -0.2) is 0 Å². The van der Waals surface area contributed by atoms with E-state index in [1.807, 2.05) is 6.07 Å². The van der Waals surface area contributed by atoms with Crippen molar-refractivity contribution in [2.75, 3.05) is 0 Å². The van der Waals surface area contributed by atoms with Crippen molar-refractivity contribution >= 4 is 10.9 Å². The Balaban J connectivity index is 2.26. The average Bonchev–Trinajstić information content (AvgIpc) is 2.35. The Hall–Kier alpha value is -2.54. The molecule has 0 N–H and O–H groups in total. The van der Waals surface area contributed by atoms with Crippen LogP contribution < -0.4 is 9.47 Å². The first-order valence-corrected chi connectivity index (χ1v) is 4.69. The smallest absolute Gasteiger partial charge is 0.171 e. The standard InChI is InChI=1S/C12H6N2O2/c13-6-8-3-9-4-11-12(16-2-1-15-11)5-10(9)14-7-8/h1-5,7H. The van der Waals surface area contributed by atoms with E-state index < -0.39 is 0 Å². The van der Waals surface area contributed by atoms with E-state index in [0.29, 0.717) is 17.1 Å². The molecule has 4 nitrogen and oxygen atoms in total. The number of ether oxygens (including phenoxy) is 2. The molecule has 0 fully saturated rings. The molecule has 76 valence electrons. The van der Waals surface area contributed by atoms with Crippen molar-refractivity contribution in [1.29, 1.82) is 5.26 Å². The maximum absolute atomic E-state index is 8.78. The summed E-state index contributed by atoms with van der Waals surface area (Å²) < 4.78 is 10.6. The Bertz CT molecular complexity index is 641. The van der Waals surface area contributed by atoms with Gasteiger partial charge in [-0.15, -0.1) is 0 Å². The molecule has 0 atom stereocenters. The lowest BCUT2D eigenvalue weighted by Gasteiger charge is -2.12. The second-order valence-electron chi connectivity index (χ2n) is 3.34. The molecule has 16 heavy (non-hydrogen) atoms. The summed E-state index contributed by atoms with van der Waals surface area (Å²) in [5.41, 5.74) is 1.30. The highest BCUT2D eigenvalue weighted by Gasteiger charge is 2.10. The zero-order chi connectivity index (χ0) is 11.0. The van der Waals surface area contributed by atoms with E-state index in [0.717, 1.165) is 10.9 Å². The van der Waals surface area contributed by atoms with E-state index in [1.165, 1.54) is 18.7 Å². The summed E-state index contributed by atoms with van der Waals surface area (Å²) >= 11 is 0. The Labute approximate surface area is 91.4 Å². The second-order valence-corrected chi connectivity index (χ2v) is 3.34. The van der Waals surface area contributed by atoms with Gasteiger partial charge in [-0.3, -0.25) is 4.98 Å². The SMILES string of the molecule is N#Cc1cnc2cc3c(cc2c1)OC=CO3. The van der Waals surface area contributed by atoms with Crippen LogP contribution in [0.25, 0.3) is 10.9 Å². The summed E-state index contributed by atoms with van der Waals surface area (Å²) in [5, 5.41) is 9.64. The third-order valence-electron chi connectivity index (χ3n) is 2.32. The summed E-state index contributed by atoms with van der Waals surface area (Å²) in [5.74, 6) is 1.26. The molecule has 0 aliphatic carbocycles. The van der Waals surface area contributed by atoms with E-state index in [1.54, 1.807) is 12.1 Å². The summed E-state index contributed by atoms with van der Waals surface area (Å²) in [4.78, 5) is 4.18. The van der Waals surface area contributed by atoms with Gasteiger partial charge in [0.25, 0.3) is 0 Å². The van der Waals surface area contributed by atoms with E-state index >= 15 is 0 Å². The van der Waals surface area contributed by atoms with Crippen molar-refractivity contribution in [3.05, 3.63) is 42.5 Å². The molecular weight excluding hydrogens is 204 g/mol. The molecular formula is C12H6N2O2. The Kier molecular flexibility index (Phi) is 1.77. The number of benzene rings is 1. The van der Waals surface area contributed by atoms with Gasteiger partial charge in [0.05, 0.1) is 11.1 Å². The van der Waals surface area contributed by atoms with Crippen molar-refractivity contribution in [3.8, 4) is 17.6 Å². The molecule has 4 heteroatoms. The molecule has 0 saturated carbocycles. The van der Waals surface area contributed by atoms with Crippen LogP contribution in [0.15, 0.2) is 36.9 Å². The molecule has 0 spiro atoms. The molecule has 0 unspecified atom stereocenters. The topological polar surface area (TPSA) is 55.1 Å². The van der Waals surface area contributed by atoms with Gasteiger partial charge in [0.1, 0.15) is 18.6 Å². The molecule has 0 amide bonds. The van der Waals surface area contributed by atoms with Crippen LogP contribution in [0.2, 0.25) is 0 Å². The lowest BCUT2D eigenvalue weighted by molar-refractivity contribution is 0.362. The Morgan fingerprint density at radius 3 is 2.56 bits per heavy atom. The number of fused-ring (bicyclic) bond motifs is 2. The number of nitrogens with zero attached hydrogens (tertiary/aromatic N) is 2. The van der Waals surface area contributed by atoms with Crippen molar-refractivity contribution in [1.82, 2.24) is 4.98 Å². The first-order chi connectivity index (χ1) is 7.86. The molecule has 3 rings (SSSR count). The highest BCUT2D eigenvalue weighted by molar-refractivity contribution is 5.83. The fourth-order valence-corrected chi connectivity index (χ4v) is 1.58. The summed E-state index contributed by atoms with van der Waals surface area (Å²) in [6, 6.07) is 7.41. The number of hydrogen-bond acceptors (Lipinski definition) is 4. The second kappa shape index (κ2) is 3.24. The van der Waals surface area contributed by atoms with Gasteiger partial charge in [0.2, 0.25) is 0 Å². The monoisotopic (exact) mass is 210 g/mol. The fourth-order valence-electron chi connectivity index (χ4n) is 1.58. The maximum Gasteiger partial charge on any atom is 0.171 e. The lowest BCUT2D eigenvalue weighted by atomic mass is 10.1. The predicted molar refractivity (Wildman–Crippen MR) is 56.9 cm³/mol. The van der Waals surface area contributed by atoms with Crippen LogP contribution in [0.3, 0.4) is 0 Å². The van der Waals surface area contributed by atoms with Gasteiger partial charge in [0, 0.05) is 17.6 Å². The van der Waals surface area contributed by atoms with Gasteiger partial charge in [-0.05, 0) is 12.1 Å². The highest BCUT2D eigenvalue weighted by Crippen LogP contribution is 2.34. The maximum atomic E-state index is 8.78. The van der Waals surface area contributed by atoms with Gasteiger partial charge >= 0.3 is 0 Å². The van der Waals surface area contributed by atoms with Gasteiger partial charge in [-0.1, -0.05) is 0 Å². The minimum Gasteiger partial charge on any atom is -0.458 e. The molecule has 1 aromatic heterocycles. The molecule has 2 aromatic rings. The average molecular weight is 210 g/mol. The zero-order valence-corrected chi connectivity index (χ0v) is 8.18. The van der Waals surface area contributed by atoms with Crippen LogP contribution in [-0.4, -0.2) is 4.98 Å². The van der Waals surface area contributed by atoms with Gasteiger partial charge < -0.3 is 9.47 Å². The minimum atomic E-state index is 0.528. The highest BCUT2D eigenvalue weighted by atomic mass is 16.5. The third kappa shape index (κ3) is 1.27. The van der Waals surface area contributed by atoms with E-state index in [-0.39, 0.29) is 0 Å². The quantitative estimate of drug-likeness (QED) is 0.669. The van der Waals surface area contributed by atoms with E-state index in [9.17, 15) is 0 Å². The van der Waals surface area contributed by atoms with Crippen LogP contribution in [0.1, 0.15) is 5.56 Å². The van der Waals surface area contributed by atoms with Crippen LogP contribution in [0, 0.1) is 11.3 Å². The van der Waals surface area contributed by atoms with Crippen molar-refractivity contribution < 1.29 is 9.47 Å². The first-order valence-electron chi connectivity index (χ1n) is 4.69. The molecule has 0 bridgehead atoms. The lowest BCUT2D eigenvalue weighted by Crippen LogP contribution is -1.96. The molecule has 1 aliphatic rings. The van der Waals surface area contributed by atoms with Crippen LogP contribution in [0.4, 0.5) is 0 Å². The number of rotatable bonds is 0. The fraction of sp³-hybridized carbons (Fsp3) is 0. The van der Waals surface area contributed by atoms with Crippen molar-refractivity contribution in [2.24, 2.45) is 0 Å². The summed E-state index contributed by atoms with van der Waals surface area (Å²) in [6.45, 7) is 0. The number of pyridine rings is 1. The number of aromatic nitrogens is 1. The van der Waals surface area contributed by atoms with Crippen LogP contribution in [-0.2, 0) is 0 Å². The molecule has 2 heterocycles. The van der Waals surface area contributed by atoms with Gasteiger partial charge in [-0.2, -0.15) is 5.26 Å². The Morgan fingerprint density at radius 1 is 1.06 bits per heavy atom. The molecule has 0 saturated heterocycles. The van der Waals surface area contributed by atoms with Crippen molar-refractivity contribution in [3.63, 3.8) is 0 Å². The van der Waals surface area contributed by atoms with Crippen LogP contribution in [0.5, 0.6) is 11.5 Å². The first kappa shape index (κ1) is 8.74. The van der Waals surface area contributed by atoms with Crippen LogP contribution >= 0.6 is 0 Å². The molecule has 0 radical (unpaired) electrons. The molecule has 1 aliphatic heterocycles. The number of nitriles is 1. The zero-order valence-electron chi connectivity index (χ0n) is 8.18. The van der Waals surface area contributed by atoms with E-state index in [2.05, 4.69) is 11.1 Å². The third-order valence-corrected chi connectivity index (χ3v) is 2.32. The summed E-state index contributed by atoms with van der Waals surface area (Å²) in [6.07, 6.45) is 4.47. The normalized spacial score (nSPS) is 12.4. The predicted octanol–water partition coefficient (Wildman–Crippen LogP) is 2.35. The summed E-state index contributed by atoms with van der Waals surface area (Å²) in [7, 11) is 0. The number of hydrogen-bond donors (Lipinski definition) is 0. The minimum absolute atomic E-state index is 0.528. The van der Waals surface area contributed by atoms with Crippen molar-refractivity contribution in [2.45, 2.75) is 0 Å².